The lowest BCUT2D eigenvalue weighted by Gasteiger charge is -1.99. The first-order valence-corrected chi connectivity index (χ1v) is 5.04. The predicted molar refractivity (Wildman–Crippen MR) is 62.4 cm³/mol. The van der Waals surface area contributed by atoms with E-state index in [0.717, 1.165) is 0 Å². The predicted octanol–water partition coefficient (Wildman–Crippen LogP) is 1.11. The third-order valence-corrected chi connectivity index (χ3v) is 2.01. The van der Waals surface area contributed by atoms with Gasteiger partial charge in [0.15, 0.2) is 0 Å². The number of rotatable bonds is 4. The summed E-state index contributed by atoms with van der Waals surface area (Å²) in [4.78, 5) is 13.1. The molecule has 6 nitrogen and oxygen atoms in total. The molecule has 0 aliphatic heterocycles. The lowest BCUT2D eigenvalue weighted by Crippen LogP contribution is -2.13. The van der Waals surface area contributed by atoms with Gasteiger partial charge in [0.05, 0.1) is 6.54 Å². The molecule has 0 fully saturated rings. The van der Waals surface area contributed by atoms with Gasteiger partial charge in [0, 0.05) is 5.56 Å². The maximum atomic E-state index is 11.7. The number of amides is 1. The minimum Gasteiger partial charge on any atom is -0.288 e. The molecule has 0 saturated heterocycles. The van der Waals surface area contributed by atoms with Crippen molar-refractivity contribution in [1.82, 2.24) is 20.2 Å². The van der Waals surface area contributed by atoms with Crippen molar-refractivity contribution >= 4 is 11.9 Å². The van der Waals surface area contributed by atoms with Gasteiger partial charge in [0.2, 0.25) is 0 Å². The molecule has 0 atom stereocenters. The lowest BCUT2D eigenvalue weighted by atomic mass is 10.2. The summed E-state index contributed by atoms with van der Waals surface area (Å²) >= 11 is 0. The first-order valence-electron chi connectivity index (χ1n) is 5.04. The Hall–Kier alpha value is -2.50. The van der Waals surface area contributed by atoms with E-state index in [1.807, 2.05) is 6.07 Å². The van der Waals surface area contributed by atoms with Gasteiger partial charge in [-0.2, -0.15) is 4.80 Å². The van der Waals surface area contributed by atoms with Crippen LogP contribution < -0.4 is 5.32 Å². The second-order valence-corrected chi connectivity index (χ2v) is 3.28. The molecule has 0 radical (unpaired) electrons. The van der Waals surface area contributed by atoms with Crippen LogP contribution in [0.2, 0.25) is 0 Å². The third-order valence-electron chi connectivity index (χ3n) is 2.01. The fourth-order valence-corrected chi connectivity index (χ4v) is 1.25. The highest BCUT2D eigenvalue weighted by molar-refractivity contribution is 6.03. The first kappa shape index (κ1) is 11.0. The van der Waals surface area contributed by atoms with Crippen molar-refractivity contribution in [2.24, 2.45) is 0 Å². The van der Waals surface area contributed by atoms with Gasteiger partial charge in [-0.25, -0.2) is 0 Å². The summed E-state index contributed by atoms with van der Waals surface area (Å²) in [6.07, 6.45) is 1.64. The van der Waals surface area contributed by atoms with Crippen molar-refractivity contribution in [3.63, 3.8) is 0 Å². The molecule has 0 bridgehead atoms. The van der Waals surface area contributed by atoms with Gasteiger partial charge in [0.1, 0.15) is 0 Å². The van der Waals surface area contributed by atoms with Crippen molar-refractivity contribution in [3.8, 4) is 0 Å². The summed E-state index contributed by atoms with van der Waals surface area (Å²) in [6, 6.07) is 8.84. The van der Waals surface area contributed by atoms with Gasteiger partial charge in [-0.15, -0.1) is 11.7 Å². The van der Waals surface area contributed by atoms with Crippen molar-refractivity contribution in [1.29, 1.82) is 0 Å². The molecule has 1 N–H and O–H groups in total. The summed E-state index contributed by atoms with van der Waals surface area (Å²) in [5.74, 6) is -0.0792. The number of carbonyl (C=O) groups is 1. The molecular weight excluding hydrogens is 218 g/mol. The van der Waals surface area contributed by atoms with Gasteiger partial charge >= 0.3 is 0 Å². The molecule has 1 aromatic heterocycles. The van der Waals surface area contributed by atoms with Gasteiger partial charge in [0.25, 0.3) is 11.9 Å². The Morgan fingerprint density at radius 3 is 2.88 bits per heavy atom. The molecular formula is C11H11N5O. The summed E-state index contributed by atoms with van der Waals surface area (Å²) in [5.41, 5.74) is 0.549. The highest BCUT2D eigenvalue weighted by Crippen LogP contribution is 2.02. The van der Waals surface area contributed by atoms with E-state index in [9.17, 15) is 4.79 Å². The molecule has 2 rings (SSSR count). The van der Waals surface area contributed by atoms with Gasteiger partial charge in [-0.3, -0.25) is 10.1 Å². The van der Waals surface area contributed by atoms with E-state index in [2.05, 4.69) is 27.3 Å². The molecule has 0 aliphatic rings. The molecule has 0 aliphatic carbocycles. The Bertz CT molecular complexity index is 520. The molecule has 0 unspecified atom stereocenters. The zero-order valence-electron chi connectivity index (χ0n) is 9.08. The second kappa shape index (κ2) is 5.02. The third kappa shape index (κ3) is 2.75. The van der Waals surface area contributed by atoms with Gasteiger partial charge < -0.3 is 0 Å². The van der Waals surface area contributed by atoms with Crippen molar-refractivity contribution in [2.45, 2.75) is 6.54 Å². The van der Waals surface area contributed by atoms with E-state index in [0.29, 0.717) is 12.1 Å². The zero-order valence-corrected chi connectivity index (χ0v) is 9.08. The number of hydrogen-bond donors (Lipinski definition) is 1. The Kier molecular flexibility index (Phi) is 3.25. The number of aromatic nitrogens is 4. The molecule has 1 aromatic carbocycles. The topological polar surface area (TPSA) is 72.7 Å². The Labute approximate surface area is 98.0 Å². The zero-order chi connectivity index (χ0) is 12.1. The Morgan fingerprint density at radius 2 is 2.18 bits per heavy atom. The Balaban J connectivity index is 2.05. The minimum absolute atomic E-state index is 0.181. The maximum absolute atomic E-state index is 11.7. The number of nitrogens with one attached hydrogen (secondary N) is 1. The molecule has 86 valence electrons. The fraction of sp³-hybridized carbons (Fsp3) is 0.0909. The van der Waals surface area contributed by atoms with E-state index < -0.39 is 0 Å². The summed E-state index contributed by atoms with van der Waals surface area (Å²) < 4.78 is 0. The largest absolute Gasteiger partial charge is 0.288 e. The summed E-state index contributed by atoms with van der Waals surface area (Å²) in [5, 5.41) is 14.0. The summed E-state index contributed by atoms with van der Waals surface area (Å²) in [6.45, 7) is 4.01. The number of anilines is 1. The molecule has 17 heavy (non-hydrogen) atoms. The van der Waals surface area contributed by atoms with Crippen LogP contribution in [0.25, 0.3) is 0 Å². The number of carbonyl (C=O) groups excluding carboxylic acids is 1. The molecule has 6 heteroatoms. The van der Waals surface area contributed by atoms with Crippen molar-refractivity contribution in [3.05, 3.63) is 48.6 Å². The number of allylic oxidation sites excluding steroid dienone is 1. The molecule has 0 saturated carbocycles. The first-order chi connectivity index (χ1) is 8.29. The van der Waals surface area contributed by atoms with E-state index in [-0.39, 0.29) is 11.9 Å². The standard InChI is InChI=1S/C11H11N5O/c1-2-8-16-14-11(13-15-16)12-10(17)9-6-4-3-5-7-9/h2-7H,1,8H2,(H,12,14,17). The lowest BCUT2D eigenvalue weighted by molar-refractivity contribution is 0.102. The van der Waals surface area contributed by atoms with Crippen LogP contribution >= 0.6 is 0 Å². The highest BCUT2D eigenvalue weighted by Gasteiger charge is 2.08. The molecule has 2 aromatic rings. The van der Waals surface area contributed by atoms with Crippen LogP contribution in [0.1, 0.15) is 10.4 Å². The highest BCUT2D eigenvalue weighted by atomic mass is 16.1. The molecule has 1 amide bonds. The smallest absolute Gasteiger partial charge is 0.270 e. The van der Waals surface area contributed by atoms with Gasteiger partial charge in [-0.1, -0.05) is 29.4 Å². The number of benzene rings is 1. The van der Waals surface area contributed by atoms with Crippen LogP contribution in [0.5, 0.6) is 0 Å². The van der Waals surface area contributed by atoms with Crippen molar-refractivity contribution < 1.29 is 4.79 Å². The van der Waals surface area contributed by atoms with Crippen LogP contribution in [0.3, 0.4) is 0 Å². The average Bonchev–Trinajstić information content (AvgIpc) is 2.78. The minimum atomic E-state index is -0.260. The fourth-order valence-electron chi connectivity index (χ4n) is 1.25. The monoisotopic (exact) mass is 229 g/mol. The van der Waals surface area contributed by atoms with E-state index in [1.54, 1.807) is 30.3 Å². The molecule has 0 spiro atoms. The maximum Gasteiger partial charge on any atom is 0.270 e. The quantitative estimate of drug-likeness (QED) is 0.797. The van der Waals surface area contributed by atoms with Crippen LogP contribution in [0.4, 0.5) is 5.95 Å². The second-order valence-electron chi connectivity index (χ2n) is 3.28. The van der Waals surface area contributed by atoms with Crippen LogP contribution in [0, 0.1) is 0 Å². The SMILES string of the molecule is C=CCn1nnc(NC(=O)c2ccccc2)n1. The van der Waals surface area contributed by atoms with Gasteiger partial charge in [-0.05, 0) is 17.3 Å². The summed E-state index contributed by atoms with van der Waals surface area (Å²) in [7, 11) is 0. The van der Waals surface area contributed by atoms with Crippen LogP contribution in [-0.2, 0) is 6.54 Å². The number of tetrazole rings is 1. The average molecular weight is 229 g/mol. The van der Waals surface area contributed by atoms with E-state index in [1.165, 1.54) is 4.80 Å². The molecule has 1 heterocycles. The van der Waals surface area contributed by atoms with E-state index >= 15 is 0 Å². The van der Waals surface area contributed by atoms with Crippen LogP contribution in [-0.4, -0.2) is 26.1 Å². The Morgan fingerprint density at radius 1 is 1.41 bits per heavy atom. The normalized spacial score (nSPS) is 9.88. The van der Waals surface area contributed by atoms with Crippen LogP contribution in [0.15, 0.2) is 43.0 Å². The van der Waals surface area contributed by atoms with E-state index in [4.69, 9.17) is 0 Å². The number of nitrogens with zero attached hydrogens (tertiary/aromatic N) is 4. The van der Waals surface area contributed by atoms with Crippen molar-refractivity contribution in [2.75, 3.05) is 5.32 Å². The number of hydrogen-bond acceptors (Lipinski definition) is 4.